The van der Waals surface area contributed by atoms with E-state index in [1.807, 2.05) is 6.08 Å². The van der Waals surface area contributed by atoms with Crippen LogP contribution in [0, 0.1) is 74.4 Å². The Balaban J connectivity index is 2.19. The zero-order valence-electron chi connectivity index (χ0n) is 10.8. The molecule has 0 radical (unpaired) electrons. The van der Waals surface area contributed by atoms with Crippen molar-refractivity contribution in [1.29, 1.82) is 21.0 Å². The van der Waals surface area contributed by atoms with Crippen molar-refractivity contribution in [2.75, 3.05) is 0 Å². The number of allylic oxidation sites excluding steroid dienone is 2. The van der Waals surface area contributed by atoms with Crippen LogP contribution in [-0.4, -0.2) is 5.78 Å². The number of hydrogen-bond acceptors (Lipinski definition) is 5. The summed E-state index contributed by atoms with van der Waals surface area (Å²) in [4.78, 5) is 12.3. The second kappa shape index (κ2) is 5.16. The average Bonchev–Trinajstić information content (AvgIpc) is 3.09. The first-order valence-electron chi connectivity index (χ1n) is 6.43. The van der Waals surface area contributed by atoms with Gasteiger partial charge in [-0.15, -0.1) is 0 Å². The van der Waals surface area contributed by atoms with Crippen LogP contribution in [0.2, 0.25) is 0 Å². The standard InChI is InChI=1S/C15H12N4O/c16-6-12(7-17)15(8-18,9-19)5-14(20)13-4-10-1-2-11(13)3-10/h1-2,10-13H,3-5H2/t10-,11+,13+/m1/s1. The average molecular weight is 264 g/mol. The molecule has 0 unspecified atom stereocenters. The SMILES string of the molecule is N#CC(C#N)C(C#N)(C#N)CC(=O)[C@H]1C[C@@H]2C=C[C@H]1C2. The van der Waals surface area contributed by atoms with Crippen molar-refractivity contribution >= 4 is 5.78 Å². The normalized spacial score (nSPS) is 26.6. The summed E-state index contributed by atoms with van der Waals surface area (Å²) in [5, 5.41) is 36.2. The molecule has 1 fully saturated rings. The number of nitriles is 4. The van der Waals surface area contributed by atoms with Gasteiger partial charge in [0.25, 0.3) is 0 Å². The van der Waals surface area contributed by atoms with Gasteiger partial charge in [0.2, 0.25) is 0 Å². The smallest absolute Gasteiger partial charge is 0.179 e. The van der Waals surface area contributed by atoms with E-state index in [4.69, 9.17) is 10.5 Å². The molecule has 0 spiro atoms. The minimum Gasteiger partial charge on any atom is -0.299 e. The molecule has 2 rings (SSSR count). The number of hydrogen-bond donors (Lipinski definition) is 0. The number of carbonyl (C=O) groups is 1. The zero-order valence-corrected chi connectivity index (χ0v) is 10.8. The molecular weight excluding hydrogens is 252 g/mol. The van der Waals surface area contributed by atoms with Gasteiger partial charge in [0.05, 0.1) is 24.3 Å². The maximum absolute atomic E-state index is 12.3. The van der Waals surface area contributed by atoms with Gasteiger partial charge >= 0.3 is 0 Å². The summed E-state index contributed by atoms with van der Waals surface area (Å²) in [6.45, 7) is 0. The van der Waals surface area contributed by atoms with Crippen LogP contribution in [0.1, 0.15) is 19.3 Å². The van der Waals surface area contributed by atoms with Crippen molar-refractivity contribution in [3.8, 4) is 24.3 Å². The number of nitrogens with zero attached hydrogens (tertiary/aromatic N) is 4. The molecule has 0 amide bonds. The van der Waals surface area contributed by atoms with E-state index in [-0.39, 0.29) is 24.0 Å². The Kier molecular flexibility index (Phi) is 3.56. The van der Waals surface area contributed by atoms with E-state index >= 15 is 0 Å². The molecule has 0 N–H and O–H groups in total. The predicted octanol–water partition coefficient (Wildman–Crippen LogP) is 1.85. The van der Waals surface area contributed by atoms with Crippen molar-refractivity contribution < 1.29 is 4.79 Å². The van der Waals surface area contributed by atoms with Gasteiger partial charge in [-0.05, 0) is 24.7 Å². The third kappa shape index (κ3) is 2.05. The van der Waals surface area contributed by atoms with E-state index in [0.29, 0.717) is 5.92 Å². The molecule has 0 aromatic carbocycles. The van der Waals surface area contributed by atoms with Crippen LogP contribution in [0.5, 0.6) is 0 Å². The van der Waals surface area contributed by atoms with E-state index in [1.54, 1.807) is 24.3 Å². The van der Waals surface area contributed by atoms with Crippen LogP contribution in [0.25, 0.3) is 0 Å². The Hall–Kier alpha value is -2.63. The highest BCUT2D eigenvalue weighted by atomic mass is 16.1. The third-order valence-corrected chi connectivity index (χ3v) is 4.30. The van der Waals surface area contributed by atoms with Gasteiger partial charge in [-0.2, -0.15) is 21.0 Å². The van der Waals surface area contributed by atoms with Gasteiger partial charge in [0.15, 0.2) is 11.3 Å². The van der Waals surface area contributed by atoms with Gasteiger partial charge in [-0.1, -0.05) is 12.2 Å². The van der Waals surface area contributed by atoms with Crippen molar-refractivity contribution in [3.05, 3.63) is 12.2 Å². The van der Waals surface area contributed by atoms with E-state index in [0.717, 1.165) is 12.8 Å². The number of fused-ring (bicyclic) bond motifs is 2. The fourth-order valence-corrected chi connectivity index (χ4v) is 3.14. The molecule has 2 aliphatic carbocycles. The summed E-state index contributed by atoms with van der Waals surface area (Å²) >= 11 is 0. The third-order valence-electron chi connectivity index (χ3n) is 4.30. The summed E-state index contributed by atoms with van der Waals surface area (Å²) in [6, 6.07) is 6.75. The van der Waals surface area contributed by atoms with Gasteiger partial charge < -0.3 is 0 Å². The highest BCUT2D eigenvalue weighted by Gasteiger charge is 2.47. The Labute approximate surface area is 117 Å². The fourth-order valence-electron chi connectivity index (χ4n) is 3.14. The second-order valence-corrected chi connectivity index (χ2v) is 5.42. The summed E-state index contributed by atoms with van der Waals surface area (Å²) in [7, 11) is 0. The first-order chi connectivity index (χ1) is 9.60. The van der Waals surface area contributed by atoms with Crippen LogP contribution < -0.4 is 0 Å². The molecule has 0 aromatic rings. The van der Waals surface area contributed by atoms with Crippen LogP contribution in [0.4, 0.5) is 0 Å². The molecule has 2 aliphatic rings. The number of Topliss-reactive ketones (excluding diaryl/α,β-unsaturated/α-hetero) is 1. The maximum atomic E-state index is 12.3. The topological polar surface area (TPSA) is 112 Å². The zero-order chi connectivity index (χ0) is 14.8. The van der Waals surface area contributed by atoms with Crippen molar-refractivity contribution in [3.63, 3.8) is 0 Å². The lowest BCUT2D eigenvalue weighted by Gasteiger charge is -2.22. The predicted molar refractivity (Wildman–Crippen MR) is 66.8 cm³/mol. The lowest BCUT2D eigenvalue weighted by Crippen LogP contribution is -2.32. The molecule has 20 heavy (non-hydrogen) atoms. The van der Waals surface area contributed by atoms with E-state index in [2.05, 4.69) is 6.08 Å². The van der Waals surface area contributed by atoms with Gasteiger partial charge in [0, 0.05) is 12.3 Å². The van der Waals surface area contributed by atoms with Gasteiger partial charge in [-0.25, -0.2) is 0 Å². The summed E-state index contributed by atoms with van der Waals surface area (Å²) in [6.07, 6.45) is 5.47. The molecule has 5 nitrogen and oxygen atoms in total. The second-order valence-electron chi connectivity index (χ2n) is 5.42. The van der Waals surface area contributed by atoms with Gasteiger partial charge in [-0.3, -0.25) is 4.79 Å². The molecule has 2 bridgehead atoms. The maximum Gasteiger partial charge on any atom is 0.179 e. The number of rotatable bonds is 4. The Morgan fingerprint density at radius 1 is 1.15 bits per heavy atom. The van der Waals surface area contributed by atoms with Crippen LogP contribution in [0.15, 0.2) is 12.2 Å². The summed E-state index contributed by atoms with van der Waals surface area (Å²) in [5.74, 6) is -1.17. The lowest BCUT2D eigenvalue weighted by atomic mass is 9.72. The summed E-state index contributed by atoms with van der Waals surface area (Å²) < 4.78 is 0. The van der Waals surface area contributed by atoms with Crippen molar-refractivity contribution in [2.45, 2.75) is 19.3 Å². The van der Waals surface area contributed by atoms with E-state index < -0.39 is 11.3 Å². The molecule has 5 heteroatoms. The minimum absolute atomic E-state index is 0.177. The first-order valence-corrected chi connectivity index (χ1v) is 6.43. The molecular formula is C15H12N4O. The summed E-state index contributed by atoms with van der Waals surface area (Å²) in [5.41, 5.74) is -1.86. The monoisotopic (exact) mass is 264 g/mol. The largest absolute Gasteiger partial charge is 0.299 e. The molecule has 0 aliphatic heterocycles. The molecule has 0 heterocycles. The molecule has 3 atom stereocenters. The Morgan fingerprint density at radius 3 is 2.20 bits per heavy atom. The first kappa shape index (κ1) is 13.8. The fraction of sp³-hybridized carbons (Fsp3) is 0.533. The molecule has 98 valence electrons. The van der Waals surface area contributed by atoms with E-state index in [9.17, 15) is 15.3 Å². The molecule has 0 saturated heterocycles. The lowest BCUT2D eigenvalue weighted by molar-refractivity contribution is -0.124. The number of ketones is 1. The Morgan fingerprint density at radius 2 is 1.80 bits per heavy atom. The van der Waals surface area contributed by atoms with Crippen LogP contribution >= 0.6 is 0 Å². The Bertz CT molecular complexity index is 594. The van der Waals surface area contributed by atoms with Crippen molar-refractivity contribution in [2.24, 2.45) is 29.1 Å². The highest BCUT2D eigenvalue weighted by Crippen LogP contribution is 2.45. The van der Waals surface area contributed by atoms with E-state index in [1.165, 1.54) is 0 Å². The van der Waals surface area contributed by atoms with Crippen LogP contribution in [0.3, 0.4) is 0 Å². The highest BCUT2D eigenvalue weighted by molar-refractivity contribution is 5.84. The molecule has 1 saturated carbocycles. The molecule has 0 aromatic heterocycles. The van der Waals surface area contributed by atoms with Crippen LogP contribution in [-0.2, 0) is 4.79 Å². The minimum atomic E-state index is -1.86. The van der Waals surface area contributed by atoms with Crippen molar-refractivity contribution in [1.82, 2.24) is 0 Å². The quantitative estimate of drug-likeness (QED) is 0.719. The number of carbonyl (C=O) groups excluding carboxylic acids is 1. The van der Waals surface area contributed by atoms with Gasteiger partial charge in [0.1, 0.15) is 5.78 Å².